The van der Waals surface area contributed by atoms with Crippen molar-refractivity contribution in [1.29, 1.82) is 0 Å². The van der Waals surface area contributed by atoms with E-state index in [1.54, 1.807) is 14.2 Å². The number of nitrogens with zero attached hydrogens (tertiary/aromatic N) is 1. The second-order valence-corrected chi connectivity index (χ2v) is 7.20. The van der Waals surface area contributed by atoms with E-state index in [-0.39, 0.29) is 6.10 Å². The van der Waals surface area contributed by atoms with Crippen molar-refractivity contribution < 1.29 is 18.0 Å². The van der Waals surface area contributed by atoms with Crippen LogP contribution in [0.4, 0.5) is 0 Å². The maximum Gasteiger partial charge on any atom is 0.500 e. The molecule has 18 heavy (non-hydrogen) atoms. The van der Waals surface area contributed by atoms with Gasteiger partial charge in [-0.05, 0) is 19.5 Å². The molecule has 5 nitrogen and oxygen atoms in total. The largest absolute Gasteiger partial charge is 0.500 e. The summed E-state index contributed by atoms with van der Waals surface area (Å²) in [6.07, 6.45) is 2.71. The van der Waals surface area contributed by atoms with Crippen LogP contribution < -0.4 is 0 Å². The smallest absolute Gasteiger partial charge is 0.379 e. The molecule has 1 atom stereocenters. The number of rotatable bonds is 6. The first-order chi connectivity index (χ1) is 8.69. The van der Waals surface area contributed by atoms with Gasteiger partial charge in [0, 0.05) is 40.0 Å². The molecule has 0 saturated carbocycles. The average Bonchev–Trinajstić information content (AvgIpc) is 2.38. The molecule has 0 radical (unpaired) electrons. The van der Waals surface area contributed by atoms with Crippen molar-refractivity contribution in [1.82, 2.24) is 4.90 Å². The lowest BCUT2D eigenvalue weighted by atomic mass is 10.3. The van der Waals surface area contributed by atoms with Gasteiger partial charge in [0.2, 0.25) is 0 Å². The first kappa shape index (κ1) is 15.7. The summed E-state index contributed by atoms with van der Waals surface area (Å²) in [4.78, 5) is 2.10. The Balaban J connectivity index is 2.66. The summed E-state index contributed by atoms with van der Waals surface area (Å²) in [5, 5.41) is 0. The Kier molecular flexibility index (Phi) is 6.88. The highest BCUT2D eigenvalue weighted by molar-refractivity contribution is 6.60. The zero-order chi connectivity index (χ0) is 13.4. The Morgan fingerprint density at radius 3 is 2.72 bits per heavy atom. The lowest BCUT2D eigenvalue weighted by Crippen LogP contribution is -2.51. The molecule has 1 fully saturated rings. The first-order valence-electron chi connectivity index (χ1n) is 6.42. The van der Waals surface area contributed by atoms with Crippen LogP contribution in [0.2, 0.25) is 6.04 Å². The van der Waals surface area contributed by atoms with E-state index in [1.165, 1.54) is 0 Å². The van der Waals surface area contributed by atoms with Crippen LogP contribution in [0.1, 0.15) is 13.3 Å². The number of hydrogen-bond donors (Lipinski definition) is 0. The molecule has 1 heterocycles. The highest BCUT2D eigenvalue weighted by Crippen LogP contribution is 2.21. The SMILES string of the molecule is C=CN(CC)CC1COCCC[Si](OC)(OC)O1. The number of ether oxygens (including phenoxy) is 1. The second kappa shape index (κ2) is 7.91. The standard InChI is InChI=1S/C12H25NO4Si/c1-5-13(6-2)10-12-11-16-8-7-9-18(14-3,15-4)17-12/h5,12H,1,6-11H2,2-4H3. The van der Waals surface area contributed by atoms with Crippen molar-refractivity contribution in [2.24, 2.45) is 0 Å². The van der Waals surface area contributed by atoms with E-state index in [1.807, 2.05) is 6.20 Å². The van der Waals surface area contributed by atoms with Crippen molar-refractivity contribution in [3.63, 3.8) is 0 Å². The van der Waals surface area contributed by atoms with Gasteiger partial charge in [-0.2, -0.15) is 0 Å². The topological polar surface area (TPSA) is 40.2 Å². The maximum atomic E-state index is 6.09. The van der Waals surface area contributed by atoms with Gasteiger partial charge in [0.25, 0.3) is 0 Å². The van der Waals surface area contributed by atoms with Gasteiger partial charge >= 0.3 is 8.80 Å². The quantitative estimate of drug-likeness (QED) is 0.687. The minimum atomic E-state index is -2.51. The summed E-state index contributed by atoms with van der Waals surface area (Å²) in [5.74, 6) is 0. The van der Waals surface area contributed by atoms with E-state index in [9.17, 15) is 0 Å². The molecule has 0 aliphatic carbocycles. The molecule has 0 spiro atoms. The van der Waals surface area contributed by atoms with Crippen molar-refractivity contribution >= 4 is 8.80 Å². The zero-order valence-electron chi connectivity index (χ0n) is 11.7. The third-order valence-electron chi connectivity index (χ3n) is 3.15. The molecule has 0 aromatic carbocycles. The Labute approximate surface area is 111 Å². The van der Waals surface area contributed by atoms with E-state index in [2.05, 4.69) is 18.4 Å². The summed E-state index contributed by atoms with van der Waals surface area (Å²) >= 11 is 0. The fourth-order valence-corrected chi connectivity index (χ4v) is 4.13. The molecule has 1 unspecified atom stereocenters. The van der Waals surface area contributed by atoms with Gasteiger partial charge in [0.05, 0.1) is 12.7 Å². The monoisotopic (exact) mass is 275 g/mol. The summed E-state index contributed by atoms with van der Waals surface area (Å²) < 4.78 is 22.8. The molecule has 1 aliphatic rings. The van der Waals surface area contributed by atoms with Crippen molar-refractivity contribution in [2.75, 3.05) is 40.5 Å². The van der Waals surface area contributed by atoms with Crippen LogP contribution in [0.15, 0.2) is 12.8 Å². The Morgan fingerprint density at radius 2 is 2.17 bits per heavy atom. The summed E-state index contributed by atoms with van der Waals surface area (Å²) in [7, 11) is 0.824. The van der Waals surface area contributed by atoms with Crippen LogP contribution in [0.3, 0.4) is 0 Å². The van der Waals surface area contributed by atoms with Gasteiger partial charge in [-0.15, -0.1) is 0 Å². The van der Waals surface area contributed by atoms with Crippen molar-refractivity contribution in [3.8, 4) is 0 Å². The van der Waals surface area contributed by atoms with E-state index in [4.69, 9.17) is 18.0 Å². The fraction of sp³-hybridized carbons (Fsp3) is 0.833. The van der Waals surface area contributed by atoms with E-state index >= 15 is 0 Å². The van der Waals surface area contributed by atoms with Crippen LogP contribution in [-0.4, -0.2) is 60.3 Å². The molecule has 0 N–H and O–H groups in total. The molecule has 6 heteroatoms. The van der Waals surface area contributed by atoms with E-state index in [0.717, 1.165) is 32.2 Å². The lowest BCUT2D eigenvalue weighted by Gasteiger charge is -2.35. The molecular formula is C12H25NO4Si. The van der Waals surface area contributed by atoms with Crippen LogP contribution in [0.25, 0.3) is 0 Å². The fourth-order valence-electron chi connectivity index (χ4n) is 2.02. The summed E-state index contributed by atoms with van der Waals surface area (Å²) in [5.41, 5.74) is 0. The maximum absolute atomic E-state index is 6.09. The molecule has 1 saturated heterocycles. The molecule has 0 amide bonds. The Bertz CT molecular complexity index is 248. The summed E-state index contributed by atoms with van der Waals surface area (Å²) in [6.45, 7) is 8.85. The molecule has 1 rings (SSSR count). The predicted octanol–water partition coefficient (Wildman–Crippen LogP) is 1.49. The van der Waals surface area contributed by atoms with Gasteiger partial charge in [-0.25, -0.2) is 0 Å². The second-order valence-electron chi connectivity index (χ2n) is 4.28. The highest BCUT2D eigenvalue weighted by atomic mass is 28.4. The first-order valence-corrected chi connectivity index (χ1v) is 8.35. The van der Waals surface area contributed by atoms with Crippen molar-refractivity contribution in [2.45, 2.75) is 25.5 Å². The molecule has 0 aromatic rings. The Hall–Kier alpha value is -0.403. The molecular weight excluding hydrogens is 250 g/mol. The average molecular weight is 275 g/mol. The third-order valence-corrected chi connectivity index (χ3v) is 6.05. The van der Waals surface area contributed by atoms with Gasteiger partial charge < -0.3 is 22.9 Å². The Morgan fingerprint density at radius 1 is 1.44 bits per heavy atom. The molecule has 106 valence electrons. The third kappa shape index (κ3) is 4.36. The molecule has 0 aromatic heterocycles. The highest BCUT2D eigenvalue weighted by Gasteiger charge is 2.42. The number of hydrogen-bond acceptors (Lipinski definition) is 5. The minimum Gasteiger partial charge on any atom is -0.379 e. The normalized spacial score (nSPS) is 24.1. The van der Waals surface area contributed by atoms with Crippen LogP contribution in [0.5, 0.6) is 0 Å². The molecule has 1 aliphatic heterocycles. The predicted molar refractivity (Wildman–Crippen MR) is 72.3 cm³/mol. The van der Waals surface area contributed by atoms with Gasteiger partial charge in [-0.3, -0.25) is 0 Å². The van der Waals surface area contributed by atoms with Crippen LogP contribution in [-0.2, 0) is 18.0 Å². The lowest BCUT2D eigenvalue weighted by molar-refractivity contribution is -0.0226. The molecule has 0 bridgehead atoms. The van der Waals surface area contributed by atoms with Gasteiger partial charge in [0.15, 0.2) is 0 Å². The van der Waals surface area contributed by atoms with E-state index < -0.39 is 8.80 Å². The van der Waals surface area contributed by atoms with Gasteiger partial charge in [-0.1, -0.05) is 6.58 Å². The van der Waals surface area contributed by atoms with E-state index in [0.29, 0.717) is 6.61 Å². The number of likely N-dealkylation sites (N-methyl/N-ethyl adjacent to an activating group) is 1. The van der Waals surface area contributed by atoms with Crippen LogP contribution in [0, 0.1) is 0 Å². The zero-order valence-corrected chi connectivity index (χ0v) is 12.7. The van der Waals surface area contributed by atoms with Gasteiger partial charge in [0.1, 0.15) is 0 Å². The van der Waals surface area contributed by atoms with Crippen molar-refractivity contribution in [3.05, 3.63) is 12.8 Å². The van der Waals surface area contributed by atoms with Crippen LogP contribution >= 0.6 is 0 Å². The summed E-state index contributed by atoms with van der Waals surface area (Å²) in [6, 6.07) is 0.802. The minimum absolute atomic E-state index is 0.0326.